The third-order valence-electron chi connectivity index (χ3n) is 2.39. The molecule has 1 atom stereocenters. The van der Waals surface area contributed by atoms with E-state index in [1.807, 2.05) is 13.8 Å². The molecule has 0 saturated heterocycles. The molecule has 0 aliphatic heterocycles. The Balaban J connectivity index is 2.45. The average Bonchev–Trinajstić information content (AvgIpc) is 2.62. The summed E-state index contributed by atoms with van der Waals surface area (Å²) in [6.45, 7) is 6.26. The quantitative estimate of drug-likeness (QED) is 0.749. The Labute approximate surface area is 94.6 Å². The maximum atomic E-state index is 11.7. The van der Waals surface area contributed by atoms with Crippen LogP contribution in [0.3, 0.4) is 0 Å². The number of aromatic nitrogens is 2. The molecular formula is C10H18N4O2. The van der Waals surface area contributed by atoms with Gasteiger partial charge in [-0.25, -0.2) is 0 Å². The van der Waals surface area contributed by atoms with E-state index in [9.17, 15) is 4.79 Å². The summed E-state index contributed by atoms with van der Waals surface area (Å²) in [5.41, 5.74) is 5.54. The van der Waals surface area contributed by atoms with Gasteiger partial charge < -0.3 is 15.6 Å². The predicted molar refractivity (Wildman–Crippen MR) is 58.3 cm³/mol. The first-order valence-electron chi connectivity index (χ1n) is 5.31. The molecule has 1 heterocycles. The van der Waals surface area contributed by atoms with Gasteiger partial charge in [-0.3, -0.25) is 4.79 Å². The Hall–Kier alpha value is -1.43. The fourth-order valence-corrected chi connectivity index (χ4v) is 1.39. The lowest BCUT2D eigenvalue weighted by Crippen LogP contribution is -2.37. The minimum absolute atomic E-state index is 0.0695. The minimum Gasteiger partial charge on any atom is -0.348 e. The molecular weight excluding hydrogens is 208 g/mol. The zero-order valence-electron chi connectivity index (χ0n) is 9.86. The summed E-state index contributed by atoms with van der Waals surface area (Å²) in [5.74, 6) is 0.943. The van der Waals surface area contributed by atoms with Gasteiger partial charge in [0.1, 0.15) is 0 Å². The van der Waals surface area contributed by atoms with Crippen molar-refractivity contribution in [3.63, 3.8) is 0 Å². The number of hydrogen-bond acceptors (Lipinski definition) is 5. The molecule has 6 nitrogen and oxygen atoms in total. The Bertz CT molecular complexity index is 348. The predicted octanol–water partition coefficient (Wildman–Crippen LogP) is 0.225. The second-order valence-corrected chi connectivity index (χ2v) is 4.03. The smallest absolute Gasteiger partial charge is 0.225 e. The molecule has 1 aromatic rings. The second-order valence-electron chi connectivity index (χ2n) is 4.03. The van der Waals surface area contributed by atoms with Crippen LogP contribution in [-0.2, 0) is 11.3 Å². The van der Waals surface area contributed by atoms with E-state index in [4.69, 9.17) is 10.3 Å². The molecule has 16 heavy (non-hydrogen) atoms. The molecule has 1 unspecified atom stereocenters. The normalized spacial score (nSPS) is 12.8. The molecule has 0 aliphatic rings. The van der Waals surface area contributed by atoms with Gasteiger partial charge in [0.25, 0.3) is 0 Å². The molecule has 1 amide bonds. The molecule has 0 aromatic carbocycles. The number of rotatable bonds is 5. The van der Waals surface area contributed by atoms with Gasteiger partial charge >= 0.3 is 0 Å². The molecule has 0 bridgehead atoms. The van der Waals surface area contributed by atoms with Gasteiger partial charge in [0.05, 0.1) is 12.5 Å². The van der Waals surface area contributed by atoms with Gasteiger partial charge in [-0.1, -0.05) is 19.0 Å². The Morgan fingerprint density at radius 1 is 1.56 bits per heavy atom. The van der Waals surface area contributed by atoms with Crippen LogP contribution < -0.4 is 11.1 Å². The SMILES string of the molecule is Cc1nc(CNC(=O)C(CN)C(C)C)no1. The second kappa shape index (κ2) is 5.60. The fourth-order valence-electron chi connectivity index (χ4n) is 1.39. The van der Waals surface area contributed by atoms with Crippen LogP contribution in [0.2, 0.25) is 0 Å². The van der Waals surface area contributed by atoms with Gasteiger partial charge in [0.15, 0.2) is 5.82 Å². The van der Waals surface area contributed by atoms with E-state index in [1.165, 1.54) is 0 Å². The zero-order chi connectivity index (χ0) is 12.1. The van der Waals surface area contributed by atoms with Gasteiger partial charge in [-0.15, -0.1) is 0 Å². The van der Waals surface area contributed by atoms with E-state index in [2.05, 4.69) is 15.5 Å². The van der Waals surface area contributed by atoms with Crippen molar-refractivity contribution in [2.45, 2.75) is 27.3 Å². The first-order chi connectivity index (χ1) is 7.54. The monoisotopic (exact) mass is 226 g/mol. The number of nitrogens with two attached hydrogens (primary N) is 1. The van der Waals surface area contributed by atoms with Gasteiger partial charge in [0.2, 0.25) is 11.8 Å². The van der Waals surface area contributed by atoms with Crippen molar-refractivity contribution in [1.29, 1.82) is 0 Å². The minimum atomic E-state index is -0.173. The lowest BCUT2D eigenvalue weighted by atomic mass is 9.95. The van der Waals surface area contributed by atoms with E-state index in [0.717, 1.165) is 0 Å². The average molecular weight is 226 g/mol. The van der Waals surface area contributed by atoms with Crippen LogP contribution in [0.4, 0.5) is 0 Å². The van der Waals surface area contributed by atoms with Crippen molar-refractivity contribution >= 4 is 5.91 Å². The van der Waals surface area contributed by atoms with Gasteiger partial charge in [0, 0.05) is 13.5 Å². The molecule has 0 spiro atoms. The summed E-state index contributed by atoms with van der Waals surface area (Å²) >= 11 is 0. The lowest BCUT2D eigenvalue weighted by molar-refractivity contribution is -0.126. The third-order valence-corrected chi connectivity index (χ3v) is 2.39. The molecule has 0 fully saturated rings. The van der Waals surface area contributed by atoms with E-state index in [-0.39, 0.29) is 24.3 Å². The van der Waals surface area contributed by atoms with Crippen molar-refractivity contribution in [1.82, 2.24) is 15.5 Å². The molecule has 0 saturated carbocycles. The van der Waals surface area contributed by atoms with Crippen molar-refractivity contribution < 1.29 is 9.32 Å². The molecule has 6 heteroatoms. The van der Waals surface area contributed by atoms with Crippen LogP contribution in [0.15, 0.2) is 4.52 Å². The van der Waals surface area contributed by atoms with Crippen LogP contribution in [0.5, 0.6) is 0 Å². The number of aryl methyl sites for hydroxylation is 1. The maximum absolute atomic E-state index is 11.7. The highest BCUT2D eigenvalue weighted by atomic mass is 16.5. The first kappa shape index (κ1) is 12.6. The van der Waals surface area contributed by atoms with Crippen molar-refractivity contribution in [2.24, 2.45) is 17.6 Å². The summed E-state index contributed by atoms with van der Waals surface area (Å²) in [7, 11) is 0. The standard InChI is InChI=1S/C10H18N4O2/c1-6(2)8(4-11)10(15)12-5-9-13-7(3)16-14-9/h6,8H,4-5,11H2,1-3H3,(H,12,15). The maximum Gasteiger partial charge on any atom is 0.225 e. The lowest BCUT2D eigenvalue weighted by Gasteiger charge is -2.17. The van der Waals surface area contributed by atoms with E-state index >= 15 is 0 Å². The topological polar surface area (TPSA) is 94.0 Å². The van der Waals surface area contributed by atoms with Crippen molar-refractivity contribution in [3.05, 3.63) is 11.7 Å². The highest BCUT2D eigenvalue weighted by molar-refractivity contribution is 5.78. The fraction of sp³-hybridized carbons (Fsp3) is 0.700. The van der Waals surface area contributed by atoms with Crippen LogP contribution in [-0.4, -0.2) is 22.6 Å². The summed E-state index contributed by atoms with van der Waals surface area (Å²) in [5, 5.41) is 6.43. The zero-order valence-corrected chi connectivity index (χ0v) is 9.86. The number of carbonyl (C=O) groups excluding carboxylic acids is 1. The van der Waals surface area contributed by atoms with E-state index < -0.39 is 0 Å². The highest BCUT2D eigenvalue weighted by Gasteiger charge is 2.20. The largest absolute Gasteiger partial charge is 0.348 e. The Morgan fingerprint density at radius 3 is 2.69 bits per heavy atom. The Morgan fingerprint density at radius 2 is 2.25 bits per heavy atom. The number of hydrogen-bond donors (Lipinski definition) is 2. The molecule has 3 N–H and O–H groups in total. The van der Waals surface area contributed by atoms with Crippen LogP contribution in [0.1, 0.15) is 25.6 Å². The third kappa shape index (κ3) is 3.30. The van der Waals surface area contributed by atoms with Crippen molar-refractivity contribution in [2.75, 3.05) is 6.54 Å². The number of carbonyl (C=O) groups is 1. The molecule has 1 rings (SSSR count). The highest BCUT2D eigenvalue weighted by Crippen LogP contribution is 2.09. The summed E-state index contributed by atoms with van der Waals surface area (Å²) in [6.07, 6.45) is 0. The number of amides is 1. The Kier molecular flexibility index (Phi) is 4.42. The van der Waals surface area contributed by atoms with Crippen LogP contribution in [0.25, 0.3) is 0 Å². The summed E-state index contributed by atoms with van der Waals surface area (Å²) in [6, 6.07) is 0. The number of nitrogens with one attached hydrogen (secondary N) is 1. The van der Waals surface area contributed by atoms with Crippen molar-refractivity contribution in [3.8, 4) is 0 Å². The van der Waals surface area contributed by atoms with Crippen LogP contribution >= 0.6 is 0 Å². The molecule has 90 valence electrons. The van der Waals surface area contributed by atoms with E-state index in [0.29, 0.717) is 18.3 Å². The molecule has 0 aliphatic carbocycles. The van der Waals surface area contributed by atoms with Gasteiger partial charge in [-0.2, -0.15) is 4.98 Å². The first-order valence-corrected chi connectivity index (χ1v) is 5.31. The van der Waals surface area contributed by atoms with E-state index in [1.54, 1.807) is 6.92 Å². The van der Waals surface area contributed by atoms with Gasteiger partial charge in [-0.05, 0) is 5.92 Å². The molecule has 0 radical (unpaired) electrons. The molecule has 1 aromatic heterocycles. The summed E-state index contributed by atoms with van der Waals surface area (Å²) < 4.78 is 4.79. The number of nitrogens with zero attached hydrogens (tertiary/aromatic N) is 2. The summed E-state index contributed by atoms with van der Waals surface area (Å²) in [4.78, 5) is 15.7. The van der Waals surface area contributed by atoms with Crippen LogP contribution in [0, 0.1) is 18.8 Å².